The van der Waals surface area contributed by atoms with E-state index in [1.165, 1.54) is 0 Å². The van der Waals surface area contributed by atoms with Gasteiger partial charge in [-0.2, -0.15) is 0 Å². The normalized spacial score (nSPS) is 23.9. The minimum atomic E-state index is -0.296. The van der Waals surface area contributed by atoms with Crippen molar-refractivity contribution in [1.29, 1.82) is 0 Å². The third-order valence-corrected chi connectivity index (χ3v) is 5.55. The SMILES string of the molecule is COc1ccc([C@H](NC(=O)CCN2CCCCCC2=O)C2CC(O)C2)cn1. The predicted molar refractivity (Wildman–Crippen MR) is 100 cm³/mol. The highest BCUT2D eigenvalue weighted by atomic mass is 16.5. The van der Waals surface area contributed by atoms with Crippen LogP contribution in [0.5, 0.6) is 5.88 Å². The number of aliphatic hydroxyl groups is 1. The number of rotatable bonds is 7. The van der Waals surface area contributed by atoms with E-state index in [1.807, 2.05) is 11.0 Å². The van der Waals surface area contributed by atoms with Crippen LogP contribution in [0.2, 0.25) is 0 Å². The molecular formula is C20H29N3O4. The quantitative estimate of drug-likeness (QED) is 0.758. The zero-order valence-electron chi connectivity index (χ0n) is 15.9. The lowest BCUT2D eigenvalue weighted by atomic mass is 9.75. The molecule has 7 nitrogen and oxygen atoms in total. The van der Waals surface area contributed by atoms with Crippen LogP contribution in [-0.4, -0.2) is 53.1 Å². The highest BCUT2D eigenvalue weighted by Crippen LogP contribution is 2.38. The molecule has 1 saturated heterocycles. The smallest absolute Gasteiger partial charge is 0.222 e. The van der Waals surface area contributed by atoms with Crippen molar-refractivity contribution in [1.82, 2.24) is 15.2 Å². The number of ether oxygens (including phenoxy) is 1. The van der Waals surface area contributed by atoms with Crippen molar-refractivity contribution >= 4 is 11.8 Å². The Bertz CT molecular complexity index is 643. The summed E-state index contributed by atoms with van der Waals surface area (Å²) in [4.78, 5) is 30.7. The molecule has 2 heterocycles. The van der Waals surface area contributed by atoms with Gasteiger partial charge in [-0.25, -0.2) is 4.98 Å². The Hall–Kier alpha value is -2.15. The standard InChI is InChI=1S/C20H29N3O4/c1-27-18-7-6-14(13-21-18)20(15-11-16(24)12-15)22-17(25)8-10-23-9-4-2-3-5-19(23)26/h6-7,13,15-16,20,24H,2-5,8-12H2,1H3,(H,22,25)/t15?,16?,20-/m0/s1. The fourth-order valence-corrected chi connectivity index (χ4v) is 3.83. The Labute approximate surface area is 160 Å². The monoisotopic (exact) mass is 375 g/mol. The number of nitrogens with zero attached hydrogens (tertiary/aromatic N) is 2. The predicted octanol–water partition coefficient (Wildman–Crippen LogP) is 1.81. The van der Waals surface area contributed by atoms with E-state index in [1.54, 1.807) is 19.4 Å². The summed E-state index contributed by atoms with van der Waals surface area (Å²) in [5.74, 6) is 0.795. The minimum absolute atomic E-state index is 0.0748. The Morgan fingerprint density at radius 1 is 1.37 bits per heavy atom. The summed E-state index contributed by atoms with van der Waals surface area (Å²) in [6.45, 7) is 1.21. The molecule has 1 atom stereocenters. The van der Waals surface area contributed by atoms with Crippen LogP contribution in [0.4, 0.5) is 0 Å². The fourth-order valence-electron chi connectivity index (χ4n) is 3.83. The molecule has 0 aromatic carbocycles. The largest absolute Gasteiger partial charge is 0.481 e. The van der Waals surface area contributed by atoms with Crippen molar-refractivity contribution in [3.05, 3.63) is 23.9 Å². The lowest BCUT2D eigenvalue weighted by Crippen LogP contribution is -2.42. The van der Waals surface area contributed by atoms with Gasteiger partial charge in [-0.3, -0.25) is 9.59 Å². The van der Waals surface area contributed by atoms with Gasteiger partial charge in [-0.05, 0) is 37.2 Å². The number of amides is 2. The molecule has 7 heteroatoms. The first-order valence-electron chi connectivity index (χ1n) is 9.82. The molecular weight excluding hydrogens is 346 g/mol. The number of methoxy groups -OCH3 is 1. The van der Waals surface area contributed by atoms with Crippen LogP contribution in [-0.2, 0) is 9.59 Å². The number of hydrogen-bond acceptors (Lipinski definition) is 5. The summed E-state index contributed by atoms with van der Waals surface area (Å²) < 4.78 is 5.10. The lowest BCUT2D eigenvalue weighted by molar-refractivity contribution is -0.131. The Morgan fingerprint density at radius 2 is 2.19 bits per heavy atom. The molecule has 148 valence electrons. The summed E-state index contributed by atoms with van der Waals surface area (Å²) in [5, 5.41) is 12.8. The average molecular weight is 375 g/mol. The van der Waals surface area contributed by atoms with Crippen molar-refractivity contribution in [3.8, 4) is 5.88 Å². The third kappa shape index (κ3) is 5.19. The average Bonchev–Trinajstić information content (AvgIpc) is 2.86. The first-order chi connectivity index (χ1) is 13.1. The maximum atomic E-state index is 12.6. The highest BCUT2D eigenvalue weighted by Gasteiger charge is 2.35. The molecule has 0 radical (unpaired) electrons. The van der Waals surface area contributed by atoms with Crippen molar-refractivity contribution in [2.24, 2.45) is 5.92 Å². The van der Waals surface area contributed by atoms with Crippen LogP contribution >= 0.6 is 0 Å². The maximum Gasteiger partial charge on any atom is 0.222 e. The highest BCUT2D eigenvalue weighted by molar-refractivity contribution is 5.79. The van der Waals surface area contributed by atoms with Gasteiger partial charge < -0.3 is 20.1 Å². The Morgan fingerprint density at radius 3 is 2.85 bits per heavy atom. The van der Waals surface area contributed by atoms with E-state index in [-0.39, 0.29) is 29.9 Å². The van der Waals surface area contributed by atoms with Crippen LogP contribution in [0.1, 0.15) is 56.6 Å². The van der Waals surface area contributed by atoms with Crippen molar-refractivity contribution < 1.29 is 19.4 Å². The number of nitrogens with one attached hydrogen (secondary N) is 1. The summed E-state index contributed by atoms with van der Waals surface area (Å²) in [7, 11) is 1.56. The van der Waals surface area contributed by atoms with Gasteiger partial charge in [0.15, 0.2) is 0 Å². The second-order valence-electron chi connectivity index (χ2n) is 7.51. The molecule has 2 amide bonds. The zero-order chi connectivity index (χ0) is 19.2. The molecule has 1 saturated carbocycles. The van der Waals surface area contributed by atoms with Gasteiger partial charge in [0, 0.05) is 38.2 Å². The third-order valence-electron chi connectivity index (χ3n) is 5.55. The van der Waals surface area contributed by atoms with E-state index in [9.17, 15) is 14.7 Å². The molecule has 2 N–H and O–H groups in total. The maximum absolute atomic E-state index is 12.6. The number of likely N-dealkylation sites (tertiary alicyclic amines) is 1. The number of hydrogen-bond donors (Lipinski definition) is 2. The second kappa shape index (κ2) is 9.17. The number of aliphatic hydroxyl groups excluding tert-OH is 1. The molecule has 2 fully saturated rings. The van der Waals surface area contributed by atoms with Crippen molar-refractivity contribution in [2.75, 3.05) is 20.2 Å². The van der Waals surface area contributed by atoms with Crippen molar-refractivity contribution in [3.63, 3.8) is 0 Å². The van der Waals surface area contributed by atoms with Crippen molar-refractivity contribution in [2.45, 2.75) is 57.1 Å². The number of carbonyl (C=O) groups is 2. The van der Waals surface area contributed by atoms with Crippen LogP contribution in [0.3, 0.4) is 0 Å². The van der Waals surface area contributed by atoms with Gasteiger partial charge in [0.1, 0.15) is 0 Å². The zero-order valence-corrected chi connectivity index (χ0v) is 15.9. The topological polar surface area (TPSA) is 91.8 Å². The van der Waals surface area contributed by atoms with Crippen LogP contribution in [0.25, 0.3) is 0 Å². The van der Waals surface area contributed by atoms with E-state index < -0.39 is 0 Å². The van der Waals surface area contributed by atoms with E-state index in [2.05, 4.69) is 10.3 Å². The fraction of sp³-hybridized carbons (Fsp3) is 0.650. The van der Waals surface area contributed by atoms with Crippen LogP contribution < -0.4 is 10.1 Å². The second-order valence-corrected chi connectivity index (χ2v) is 7.51. The van der Waals surface area contributed by atoms with Gasteiger partial charge in [-0.1, -0.05) is 12.5 Å². The van der Waals surface area contributed by atoms with Gasteiger partial charge >= 0.3 is 0 Å². The van der Waals surface area contributed by atoms with E-state index in [4.69, 9.17) is 4.74 Å². The molecule has 1 aromatic heterocycles. The van der Waals surface area contributed by atoms with E-state index in [0.29, 0.717) is 38.1 Å². The Balaban J connectivity index is 1.59. The van der Waals surface area contributed by atoms with Gasteiger partial charge in [0.05, 0.1) is 19.3 Å². The van der Waals surface area contributed by atoms with E-state index in [0.717, 1.165) is 31.4 Å². The summed E-state index contributed by atoms with van der Waals surface area (Å²) in [6.07, 6.45) is 6.66. The summed E-state index contributed by atoms with van der Waals surface area (Å²) in [6, 6.07) is 3.50. The summed E-state index contributed by atoms with van der Waals surface area (Å²) in [5.41, 5.74) is 0.909. The molecule has 0 bridgehead atoms. The molecule has 3 rings (SSSR count). The van der Waals surface area contributed by atoms with E-state index >= 15 is 0 Å². The summed E-state index contributed by atoms with van der Waals surface area (Å²) >= 11 is 0. The van der Waals surface area contributed by atoms with Gasteiger partial charge in [-0.15, -0.1) is 0 Å². The molecule has 0 unspecified atom stereocenters. The first-order valence-corrected chi connectivity index (χ1v) is 9.82. The van der Waals surface area contributed by atoms with Gasteiger partial charge in [0.2, 0.25) is 17.7 Å². The van der Waals surface area contributed by atoms with Gasteiger partial charge in [0.25, 0.3) is 0 Å². The first kappa shape index (κ1) is 19.6. The number of pyridine rings is 1. The van der Waals surface area contributed by atoms with Crippen LogP contribution in [0.15, 0.2) is 18.3 Å². The molecule has 1 aromatic rings. The molecule has 1 aliphatic heterocycles. The number of carbonyl (C=O) groups excluding carboxylic acids is 2. The lowest BCUT2D eigenvalue weighted by Gasteiger charge is -2.38. The molecule has 1 aliphatic carbocycles. The molecule has 2 aliphatic rings. The molecule has 0 spiro atoms. The molecule has 27 heavy (non-hydrogen) atoms. The minimum Gasteiger partial charge on any atom is -0.481 e. The Kier molecular flexibility index (Phi) is 6.66. The van der Waals surface area contributed by atoms with Crippen LogP contribution in [0, 0.1) is 5.92 Å². The number of aromatic nitrogens is 1.